The van der Waals surface area contributed by atoms with Gasteiger partial charge in [-0.05, 0) is 30.7 Å². The molecule has 0 spiro atoms. The lowest BCUT2D eigenvalue weighted by Crippen LogP contribution is -2.27. The first kappa shape index (κ1) is 13.7. The molecule has 0 bridgehead atoms. The van der Waals surface area contributed by atoms with Crippen LogP contribution in [0.1, 0.15) is 23.7 Å². The third-order valence-corrected chi connectivity index (χ3v) is 3.26. The molecular formula is C11H16N2O3S. The molecular weight excluding hydrogens is 240 g/mol. The first-order chi connectivity index (χ1) is 7.86. The minimum absolute atomic E-state index is 0.00666. The van der Waals surface area contributed by atoms with Crippen molar-refractivity contribution in [3.8, 4) is 0 Å². The highest BCUT2D eigenvalue weighted by molar-refractivity contribution is 7.89. The normalized spacial score (nSPS) is 11.2. The molecule has 1 aromatic rings. The van der Waals surface area contributed by atoms with Gasteiger partial charge in [-0.1, -0.05) is 6.92 Å². The highest BCUT2D eigenvalue weighted by atomic mass is 32.2. The topological polar surface area (TPSA) is 80.5 Å². The summed E-state index contributed by atoms with van der Waals surface area (Å²) < 4.78 is 22.1. The molecule has 17 heavy (non-hydrogen) atoms. The summed E-state index contributed by atoms with van der Waals surface area (Å²) >= 11 is 0. The van der Waals surface area contributed by atoms with Gasteiger partial charge in [0.1, 0.15) is 0 Å². The minimum Gasteiger partial charge on any atom is -0.342 e. The number of hydrogen-bond donors (Lipinski definition) is 1. The van der Waals surface area contributed by atoms with Crippen LogP contribution in [0.25, 0.3) is 0 Å². The Bertz CT molecular complexity index is 494. The van der Waals surface area contributed by atoms with Crippen molar-refractivity contribution in [3.63, 3.8) is 0 Å². The molecule has 0 radical (unpaired) electrons. The third-order valence-electron chi connectivity index (χ3n) is 2.34. The van der Waals surface area contributed by atoms with Crippen LogP contribution in [0.5, 0.6) is 0 Å². The predicted octanol–water partition coefficient (Wildman–Crippen LogP) is 0.816. The summed E-state index contributed by atoms with van der Waals surface area (Å²) in [5.41, 5.74) is 0.452. The Hall–Kier alpha value is -1.40. The van der Waals surface area contributed by atoms with E-state index in [0.29, 0.717) is 12.1 Å². The number of benzene rings is 1. The fourth-order valence-electron chi connectivity index (χ4n) is 1.44. The zero-order valence-corrected chi connectivity index (χ0v) is 10.7. The highest BCUT2D eigenvalue weighted by Gasteiger charge is 2.12. The van der Waals surface area contributed by atoms with Crippen molar-refractivity contribution in [2.24, 2.45) is 5.14 Å². The lowest BCUT2D eigenvalue weighted by atomic mass is 10.2. The van der Waals surface area contributed by atoms with Crippen LogP contribution in [0.15, 0.2) is 29.2 Å². The van der Waals surface area contributed by atoms with Crippen molar-refractivity contribution in [1.82, 2.24) is 4.90 Å². The summed E-state index contributed by atoms with van der Waals surface area (Å²) in [5, 5.41) is 4.97. The molecule has 0 unspecified atom stereocenters. The summed E-state index contributed by atoms with van der Waals surface area (Å²) in [7, 11) is -1.99. The number of hydrogen-bond acceptors (Lipinski definition) is 3. The lowest BCUT2D eigenvalue weighted by Gasteiger charge is -2.15. The maximum absolute atomic E-state index is 11.8. The highest BCUT2D eigenvalue weighted by Crippen LogP contribution is 2.10. The maximum Gasteiger partial charge on any atom is 0.253 e. The summed E-state index contributed by atoms with van der Waals surface area (Å²) in [6.45, 7) is 2.64. The van der Waals surface area contributed by atoms with Crippen molar-refractivity contribution in [2.45, 2.75) is 18.2 Å². The van der Waals surface area contributed by atoms with Gasteiger partial charge in [-0.15, -0.1) is 0 Å². The van der Waals surface area contributed by atoms with Crippen LogP contribution in [0.3, 0.4) is 0 Å². The van der Waals surface area contributed by atoms with E-state index in [-0.39, 0.29) is 10.8 Å². The summed E-state index contributed by atoms with van der Waals surface area (Å²) in [6, 6.07) is 5.60. The van der Waals surface area contributed by atoms with E-state index in [1.54, 1.807) is 11.9 Å². The molecule has 2 N–H and O–H groups in total. The quantitative estimate of drug-likeness (QED) is 0.865. The van der Waals surface area contributed by atoms with Gasteiger partial charge >= 0.3 is 0 Å². The van der Waals surface area contributed by atoms with E-state index >= 15 is 0 Å². The number of primary sulfonamides is 1. The van der Waals surface area contributed by atoms with Gasteiger partial charge in [0.25, 0.3) is 5.91 Å². The Morgan fingerprint density at radius 1 is 1.29 bits per heavy atom. The van der Waals surface area contributed by atoms with E-state index in [4.69, 9.17) is 5.14 Å². The fourth-order valence-corrected chi connectivity index (χ4v) is 1.96. The zero-order valence-electron chi connectivity index (χ0n) is 9.88. The van der Waals surface area contributed by atoms with E-state index in [0.717, 1.165) is 6.42 Å². The number of carbonyl (C=O) groups excluding carboxylic acids is 1. The van der Waals surface area contributed by atoms with E-state index in [1.165, 1.54) is 24.3 Å². The van der Waals surface area contributed by atoms with Gasteiger partial charge in [0.2, 0.25) is 10.0 Å². The fraction of sp³-hybridized carbons (Fsp3) is 0.364. The van der Waals surface area contributed by atoms with E-state index in [1.807, 2.05) is 6.92 Å². The van der Waals surface area contributed by atoms with Gasteiger partial charge in [0, 0.05) is 19.2 Å². The molecule has 6 heteroatoms. The number of sulfonamides is 1. The molecule has 0 saturated heterocycles. The van der Waals surface area contributed by atoms with Gasteiger partial charge in [-0.3, -0.25) is 4.79 Å². The Morgan fingerprint density at radius 2 is 1.82 bits per heavy atom. The second-order valence-corrected chi connectivity index (χ2v) is 5.36. The molecule has 0 atom stereocenters. The van der Waals surface area contributed by atoms with Crippen LogP contribution in [0, 0.1) is 0 Å². The molecule has 0 aliphatic rings. The van der Waals surface area contributed by atoms with E-state index in [9.17, 15) is 13.2 Å². The van der Waals surface area contributed by atoms with Crippen LogP contribution in [-0.4, -0.2) is 32.8 Å². The molecule has 5 nitrogen and oxygen atoms in total. The number of amides is 1. The molecule has 1 amide bonds. The number of carbonyl (C=O) groups is 1. The van der Waals surface area contributed by atoms with E-state index < -0.39 is 10.0 Å². The Morgan fingerprint density at radius 3 is 2.24 bits per heavy atom. The van der Waals surface area contributed by atoms with Crippen molar-refractivity contribution in [1.29, 1.82) is 0 Å². The number of rotatable bonds is 4. The molecule has 1 rings (SSSR count). The molecule has 0 fully saturated rings. The Kier molecular flexibility index (Phi) is 4.25. The van der Waals surface area contributed by atoms with Gasteiger partial charge in [0.05, 0.1) is 4.90 Å². The van der Waals surface area contributed by atoms with Crippen molar-refractivity contribution in [2.75, 3.05) is 13.6 Å². The van der Waals surface area contributed by atoms with Crippen LogP contribution in [0.4, 0.5) is 0 Å². The van der Waals surface area contributed by atoms with Crippen LogP contribution in [0.2, 0.25) is 0 Å². The summed E-state index contributed by atoms with van der Waals surface area (Å²) in [6.07, 6.45) is 0.873. The average molecular weight is 256 g/mol. The molecule has 0 heterocycles. The Balaban J connectivity index is 2.92. The molecule has 0 aromatic heterocycles. The first-order valence-corrected chi connectivity index (χ1v) is 6.79. The lowest BCUT2D eigenvalue weighted by molar-refractivity contribution is 0.0795. The molecule has 0 saturated carbocycles. The van der Waals surface area contributed by atoms with Crippen molar-refractivity contribution < 1.29 is 13.2 Å². The zero-order chi connectivity index (χ0) is 13.1. The first-order valence-electron chi connectivity index (χ1n) is 5.24. The van der Waals surface area contributed by atoms with Gasteiger partial charge in [-0.2, -0.15) is 0 Å². The van der Waals surface area contributed by atoms with Crippen LogP contribution >= 0.6 is 0 Å². The smallest absolute Gasteiger partial charge is 0.253 e. The second-order valence-electron chi connectivity index (χ2n) is 3.80. The van der Waals surface area contributed by atoms with Gasteiger partial charge in [0.15, 0.2) is 0 Å². The second kappa shape index (κ2) is 5.29. The summed E-state index contributed by atoms with van der Waals surface area (Å²) in [4.78, 5) is 13.4. The standard InChI is InChI=1S/C11H16N2O3S/c1-3-8-13(2)11(14)9-4-6-10(7-5-9)17(12,15)16/h4-7H,3,8H2,1-2H3,(H2,12,15,16). The van der Waals surface area contributed by atoms with Crippen molar-refractivity contribution >= 4 is 15.9 Å². The number of nitrogens with two attached hydrogens (primary N) is 1. The maximum atomic E-state index is 11.8. The van der Waals surface area contributed by atoms with Gasteiger partial charge < -0.3 is 4.90 Å². The minimum atomic E-state index is -3.70. The molecule has 1 aromatic carbocycles. The van der Waals surface area contributed by atoms with Crippen LogP contribution in [-0.2, 0) is 10.0 Å². The monoisotopic (exact) mass is 256 g/mol. The predicted molar refractivity (Wildman–Crippen MR) is 65.1 cm³/mol. The SMILES string of the molecule is CCCN(C)C(=O)c1ccc(S(N)(=O)=O)cc1. The van der Waals surface area contributed by atoms with Gasteiger partial charge in [-0.25, -0.2) is 13.6 Å². The largest absolute Gasteiger partial charge is 0.342 e. The Labute approximate surface area is 101 Å². The number of nitrogens with zero attached hydrogens (tertiary/aromatic N) is 1. The third kappa shape index (κ3) is 3.54. The van der Waals surface area contributed by atoms with Crippen LogP contribution < -0.4 is 5.14 Å². The molecule has 94 valence electrons. The summed E-state index contributed by atoms with van der Waals surface area (Å²) in [5.74, 6) is -0.132. The molecule has 0 aliphatic carbocycles. The molecule has 0 aliphatic heterocycles. The van der Waals surface area contributed by atoms with E-state index in [2.05, 4.69) is 0 Å². The average Bonchev–Trinajstić information content (AvgIpc) is 2.27. The van der Waals surface area contributed by atoms with Crippen molar-refractivity contribution in [3.05, 3.63) is 29.8 Å².